The Kier molecular flexibility index (Phi) is 4.09. The van der Waals surface area contributed by atoms with E-state index in [9.17, 15) is 15.2 Å². The third kappa shape index (κ3) is 3.36. The molecule has 0 unspecified atom stereocenters. The third-order valence-electron chi connectivity index (χ3n) is 4.07. The number of fused-ring (bicyclic) bond motifs is 1. The zero-order chi connectivity index (χ0) is 16.6. The Morgan fingerprint density at radius 2 is 2.09 bits per heavy atom. The van der Waals surface area contributed by atoms with Crippen LogP contribution in [0.1, 0.15) is 25.5 Å². The van der Waals surface area contributed by atoms with Gasteiger partial charge in [-0.1, -0.05) is 0 Å². The van der Waals surface area contributed by atoms with E-state index in [1.54, 1.807) is 32.1 Å². The molecule has 0 amide bonds. The molecule has 7 nitrogen and oxygen atoms in total. The molecule has 3 rings (SSSR count). The van der Waals surface area contributed by atoms with Crippen molar-refractivity contribution in [2.75, 3.05) is 26.3 Å². The number of non-ortho nitro benzene ring substituents is 1. The summed E-state index contributed by atoms with van der Waals surface area (Å²) in [6.45, 7) is 6.23. The van der Waals surface area contributed by atoms with Crippen molar-refractivity contribution in [2.24, 2.45) is 0 Å². The highest BCUT2D eigenvalue weighted by atomic mass is 16.6. The number of morpholine rings is 1. The summed E-state index contributed by atoms with van der Waals surface area (Å²) < 4.78 is 11.3. The van der Waals surface area contributed by atoms with Crippen LogP contribution >= 0.6 is 0 Å². The van der Waals surface area contributed by atoms with E-state index in [-0.39, 0.29) is 11.7 Å². The Bertz CT molecular complexity index is 644. The van der Waals surface area contributed by atoms with Crippen LogP contribution in [0.2, 0.25) is 0 Å². The van der Waals surface area contributed by atoms with E-state index >= 15 is 0 Å². The van der Waals surface area contributed by atoms with E-state index in [4.69, 9.17) is 9.47 Å². The van der Waals surface area contributed by atoms with Crippen molar-refractivity contribution in [3.05, 3.63) is 45.7 Å². The van der Waals surface area contributed by atoms with Crippen molar-refractivity contribution in [1.82, 2.24) is 0 Å². The van der Waals surface area contributed by atoms with E-state index in [1.165, 1.54) is 11.0 Å². The molecule has 0 saturated carbocycles. The summed E-state index contributed by atoms with van der Waals surface area (Å²) in [7, 11) is 0. The van der Waals surface area contributed by atoms with Crippen molar-refractivity contribution >= 4 is 5.69 Å². The van der Waals surface area contributed by atoms with Crippen molar-refractivity contribution in [2.45, 2.75) is 25.5 Å². The van der Waals surface area contributed by atoms with Gasteiger partial charge >= 0.3 is 0 Å². The van der Waals surface area contributed by atoms with Crippen LogP contribution in [0.4, 0.5) is 5.69 Å². The van der Waals surface area contributed by atoms with Gasteiger partial charge in [0.25, 0.3) is 5.69 Å². The van der Waals surface area contributed by atoms with Crippen LogP contribution in [-0.2, 0) is 4.74 Å². The molecule has 0 aromatic heterocycles. The van der Waals surface area contributed by atoms with Gasteiger partial charge < -0.3 is 19.5 Å². The lowest BCUT2D eigenvalue weighted by Crippen LogP contribution is -3.14. The minimum atomic E-state index is -1.02. The number of quaternary nitrogens is 1. The monoisotopic (exact) mass is 321 g/mol. The Morgan fingerprint density at radius 3 is 2.70 bits per heavy atom. The maximum absolute atomic E-state index is 11.1. The largest absolute Gasteiger partial charge is 0.455 e. The Balaban J connectivity index is 2.04. The molecule has 2 N–H and O–H groups in total. The molecule has 0 aliphatic carbocycles. The quantitative estimate of drug-likeness (QED) is 0.629. The van der Waals surface area contributed by atoms with Crippen LogP contribution in [0.25, 0.3) is 0 Å². The molecule has 2 heterocycles. The number of ether oxygens (including phenoxy) is 2. The Morgan fingerprint density at radius 1 is 1.39 bits per heavy atom. The molecule has 0 bridgehead atoms. The SMILES string of the molecule is CC(C)(O)/C=C1\Oc2ccc([N+](=O)[O-])cc2[C@@H]1[NH+]1CCOCC1. The molecule has 1 atom stereocenters. The fourth-order valence-electron chi connectivity index (χ4n) is 3.11. The first kappa shape index (κ1) is 15.9. The lowest BCUT2D eigenvalue weighted by atomic mass is 10.0. The topological polar surface area (TPSA) is 86.3 Å². The maximum Gasteiger partial charge on any atom is 0.270 e. The average molecular weight is 321 g/mol. The summed E-state index contributed by atoms with van der Waals surface area (Å²) in [6.07, 6.45) is 1.69. The van der Waals surface area contributed by atoms with Gasteiger partial charge in [-0.15, -0.1) is 0 Å². The van der Waals surface area contributed by atoms with E-state index < -0.39 is 10.5 Å². The summed E-state index contributed by atoms with van der Waals surface area (Å²) in [6, 6.07) is 4.50. The molecule has 1 saturated heterocycles. The van der Waals surface area contributed by atoms with Gasteiger partial charge in [-0.3, -0.25) is 10.1 Å². The number of hydrogen-bond acceptors (Lipinski definition) is 5. The highest BCUT2D eigenvalue weighted by Gasteiger charge is 2.40. The maximum atomic E-state index is 11.1. The first-order chi connectivity index (χ1) is 10.8. The van der Waals surface area contributed by atoms with Crippen LogP contribution < -0.4 is 9.64 Å². The van der Waals surface area contributed by atoms with E-state index in [0.717, 1.165) is 18.7 Å². The van der Waals surface area contributed by atoms with Gasteiger partial charge in [0.2, 0.25) is 0 Å². The van der Waals surface area contributed by atoms with E-state index in [2.05, 4.69) is 0 Å². The fourth-order valence-corrected chi connectivity index (χ4v) is 3.11. The second kappa shape index (κ2) is 5.92. The number of hydrogen-bond donors (Lipinski definition) is 2. The summed E-state index contributed by atoms with van der Waals surface area (Å²) in [5, 5.41) is 21.2. The van der Waals surface area contributed by atoms with Crippen LogP contribution in [-0.4, -0.2) is 41.9 Å². The summed E-state index contributed by atoms with van der Waals surface area (Å²) in [5.41, 5.74) is -0.172. The van der Waals surface area contributed by atoms with E-state index in [0.29, 0.717) is 24.7 Å². The second-order valence-electron chi connectivity index (χ2n) is 6.49. The Hall–Kier alpha value is -1.96. The zero-order valence-corrected chi connectivity index (χ0v) is 13.2. The van der Waals surface area contributed by atoms with Gasteiger partial charge in [0.1, 0.15) is 18.8 Å². The van der Waals surface area contributed by atoms with Crippen LogP contribution in [0, 0.1) is 10.1 Å². The minimum absolute atomic E-state index is 0.0505. The van der Waals surface area contributed by atoms with Crippen molar-refractivity contribution < 1.29 is 24.4 Å². The summed E-state index contributed by atoms with van der Waals surface area (Å²) >= 11 is 0. The predicted molar refractivity (Wildman–Crippen MR) is 82.4 cm³/mol. The van der Waals surface area contributed by atoms with Gasteiger partial charge in [0, 0.05) is 12.1 Å². The molecule has 1 fully saturated rings. The molecular formula is C16H21N2O5+. The number of rotatable bonds is 3. The minimum Gasteiger partial charge on any atom is -0.455 e. The molecule has 7 heteroatoms. The number of aliphatic hydroxyl groups is 1. The van der Waals surface area contributed by atoms with Gasteiger partial charge in [0.05, 0.1) is 29.3 Å². The second-order valence-corrected chi connectivity index (χ2v) is 6.49. The van der Waals surface area contributed by atoms with E-state index in [1.807, 2.05) is 0 Å². The highest BCUT2D eigenvalue weighted by Crippen LogP contribution is 2.40. The molecule has 0 spiro atoms. The third-order valence-corrected chi connectivity index (χ3v) is 4.07. The summed E-state index contributed by atoms with van der Waals surface area (Å²) in [5.74, 6) is 1.26. The fraction of sp³-hybridized carbons (Fsp3) is 0.500. The van der Waals surface area contributed by atoms with Crippen LogP contribution in [0.5, 0.6) is 5.75 Å². The molecule has 1 aromatic carbocycles. The predicted octanol–water partition coefficient (Wildman–Crippen LogP) is 0.598. The number of nitrogens with one attached hydrogen (secondary N) is 1. The molecule has 0 radical (unpaired) electrons. The number of benzene rings is 1. The number of nitro benzene ring substituents is 1. The smallest absolute Gasteiger partial charge is 0.270 e. The van der Waals surface area contributed by atoms with Gasteiger partial charge in [-0.25, -0.2) is 0 Å². The normalized spacial score (nSPS) is 23.6. The van der Waals surface area contributed by atoms with Crippen molar-refractivity contribution in [1.29, 1.82) is 0 Å². The lowest BCUT2D eigenvalue weighted by Gasteiger charge is -2.29. The molecule has 124 valence electrons. The zero-order valence-electron chi connectivity index (χ0n) is 13.2. The number of nitrogens with zero attached hydrogens (tertiary/aromatic N) is 1. The van der Waals surface area contributed by atoms with Gasteiger partial charge in [-0.2, -0.15) is 0 Å². The molecule has 1 aromatic rings. The van der Waals surface area contributed by atoms with Crippen LogP contribution in [0.15, 0.2) is 30.0 Å². The van der Waals surface area contributed by atoms with Crippen molar-refractivity contribution in [3.8, 4) is 5.75 Å². The molecule has 2 aliphatic rings. The number of nitro groups is 1. The lowest BCUT2D eigenvalue weighted by molar-refractivity contribution is -0.933. The Labute approximate surface area is 134 Å². The average Bonchev–Trinajstić information content (AvgIpc) is 2.82. The van der Waals surface area contributed by atoms with Gasteiger partial charge in [-0.05, 0) is 26.0 Å². The standard InChI is InChI=1S/C16H20N2O5/c1-16(2,19)10-14-15(17-5-7-22-8-6-17)12-9-11(18(20)21)3-4-13(12)23-14/h3-4,9-10,15,19H,5-8H2,1-2H3/p+1/b14-10-/t15-/m0/s1. The highest BCUT2D eigenvalue weighted by molar-refractivity contribution is 5.51. The first-order valence-corrected chi connectivity index (χ1v) is 7.69. The first-order valence-electron chi connectivity index (χ1n) is 7.69. The van der Waals surface area contributed by atoms with Gasteiger partial charge in [0.15, 0.2) is 11.8 Å². The molecule has 23 heavy (non-hydrogen) atoms. The molecular weight excluding hydrogens is 300 g/mol. The summed E-state index contributed by atoms with van der Waals surface area (Å²) in [4.78, 5) is 11.9. The van der Waals surface area contributed by atoms with Crippen molar-refractivity contribution in [3.63, 3.8) is 0 Å². The molecule has 2 aliphatic heterocycles. The van der Waals surface area contributed by atoms with Crippen LogP contribution in [0.3, 0.4) is 0 Å².